The highest BCUT2D eigenvalue weighted by Gasteiger charge is 2.54. The van der Waals surface area contributed by atoms with Crippen LogP contribution in [0.2, 0.25) is 0 Å². The van der Waals surface area contributed by atoms with Gasteiger partial charge >= 0.3 is 0 Å². The Morgan fingerprint density at radius 2 is 1.50 bits per heavy atom. The minimum Gasteiger partial charge on any atom is -0.507 e. The molecular formula is C40H49NO15. The van der Waals surface area contributed by atoms with Gasteiger partial charge in [0.05, 0.1) is 46.7 Å². The average molecular weight is 784 g/mol. The fourth-order valence-corrected chi connectivity index (χ4v) is 9.31. The first-order valence-corrected chi connectivity index (χ1v) is 19.2. The highest BCUT2D eigenvalue weighted by atomic mass is 16.8. The molecule has 2 aromatic rings. The van der Waals surface area contributed by atoms with Gasteiger partial charge in [-0.25, -0.2) is 0 Å². The van der Waals surface area contributed by atoms with E-state index in [0.29, 0.717) is 6.42 Å². The smallest absolute Gasteiger partial charge is 0.202 e. The van der Waals surface area contributed by atoms with Crippen LogP contribution in [0.25, 0.3) is 0 Å². The number of phenolic OH excluding ortho intramolecular Hbond substituents is 3. The molecule has 14 atom stereocenters. The maximum Gasteiger partial charge on any atom is 0.202 e. The van der Waals surface area contributed by atoms with Crippen molar-refractivity contribution in [2.45, 2.75) is 145 Å². The van der Waals surface area contributed by atoms with Crippen molar-refractivity contribution in [1.29, 1.82) is 0 Å². The molecule has 16 heteroatoms. The van der Waals surface area contributed by atoms with Crippen molar-refractivity contribution < 1.29 is 73.1 Å². The molecule has 4 fully saturated rings. The van der Waals surface area contributed by atoms with Gasteiger partial charge in [0.1, 0.15) is 47.8 Å². The summed E-state index contributed by atoms with van der Waals surface area (Å²) in [4.78, 5) is 41.8. The lowest BCUT2D eigenvalue weighted by molar-refractivity contribution is -0.371. The van der Waals surface area contributed by atoms with E-state index in [9.17, 15) is 39.9 Å². The van der Waals surface area contributed by atoms with Crippen molar-refractivity contribution in [3.63, 3.8) is 0 Å². The lowest BCUT2D eigenvalue weighted by atomic mass is 9.70. The van der Waals surface area contributed by atoms with Crippen molar-refractivity contribution in [2.24, 2.45) is 0 Å². The van der Waals surface area contributed by atoms with Crippen LogP contribution < -0.4 is 0 Å². The fourth-order valence-electron chi connectivity index (χ4n) is 9.31. The number of phenols is 3. The Bertz CT molecular complexity index is 1940. The predicted octanol–water partition coefficient (Wildman–Crippen LogP) is 2.66. The number of rotatable bonds is 6. The maximum atomic E-state index is 13.8. The molecule has 8 rings (SSSR count). The van der Waals surface area contributed by atoms with Gasteiger partial charge in [0.2, 0.25) is 5.78 Å². The molecule has 0 spiro atoms. The Kier molecular flexibility index (Phi) is 10.1. The molecule has 304 valence electrons. The number of hydrogen-bond donors (Lipinski definition) is 5. The Hall–Kier alpha value is -3.55. The van der Waals surface area contributed by atoms with Gasteiger partial charge in [-0.15, -0.1) is 0 Å². The van der Waals surface area contributed by atoms with Crippen LogP contribution in [0.3, 0.4) is 0 Å². The van der Waals surface area contributed by atoms with E-state index < -0.39 is 119 Å². The zero-order valence-electron chi connectivity index (χ0n) is 32.0. The molecule has 0 aromatic heterocycles. The molecule has 0 amide bonds. The second-order valence-electron chi connectivity index (χ2n) is 16.1. The van der Waals surface area contributed by atoms with Crippen LogP contribution in [0.5, 0.6) is 17.2 Å². The summed E-state index contributed by atoms with van der Waals surface area (Å²) in [7, 11) is 3.76. The number of aliphatic hydroxyl groups is 2. The Morgan fingerprint density at radius 3 is 2.21 bits per heavy atom. The molecule has 4 saturated heterocycles. The second kappa shape index (κ2) is 14.4. The number of ether oxygens (including phenoxy) is 7. The number of carbonyl (C=O) groups excluding carboxylic acids is 3. The van der Waals surface area contributed by atoms with E-state index in [-0.39, 0.29) is 59.8 Å². The molecule has 2 aliphatic carbocycles. The lowest BCUT2D eigenvalue weighted by Crippen LogP contribution is -2.62. The number of Topliss-reactive ketones (excluding diaryl/α,β-unsaturated/α-hetero) is 1. The van der Waals surface area contributed by atoms with Gasteiger partial charge in [0, 0.05) is 48.4 Å². The number of benzene rings is 2. The Labute approximate surface area is 323 Å². The molecular weight excluding hydrogens is 734 g/mol. The monoisotopic (exact) mass is 783 g/mol. The molecule has 4 aliphatic heterocycles. The van der Waals surface area contributed by atoms with E-state index in [1.54, 1.807) is 13.8 Å². The molecule has 0 saturated carbocycles. The van der Waals surface area contributed by atoms with Crippen molar-refractivity contribution in [3.05, 3.63) is 51.6 Å². The number of likely N-dealkylation sites (N-methyl/N-ethyl adjacent to an activating group) is 1. The number of carbonyl (C=O) groups is 3. The van der Waals surface area contributed by atoms with E-state index in [2.05, 4.69) is 0 Å². The standard InChI is InChI=1S/C40H49NO15/c1-7-40(49)14-24(28-31(38(40)48)35(47)29-30(34(28)46)33(45)27-18(32(29)44)9-8-10-20(27)42)54-25-11-19(41(5)6)36(16(3)50-25)55-26-13-22-37(17(4)51-26)56-39-23(53-22)12-21(43)15(2)52-39/h8-10,15-17,19,22-26,36-39,42,46-49H,7,11-14H2,1-6H3. The maximum absolute atomic E-state index is 13.8. The molecule has 0 bridgehead atoms. The van der Waals surface area contributed by atoms with Crippen LogP contribution in [-0.4, -0.2) is 135 Å². The summed E-state index contributed by atoms with van der Waals surface area (Å²) in [5, 5.41) is 57.2. The number of aromatic hydroxyl groups is 3. The fraction of sp³-hybridized carbons (Fsp3) is 0.625. The van der Waals surface area contributed by atoms with E-state index in [0.717, 1.165) is 0 Å². The molecule has 14 unspecified atom stereocenters. The number of nitrogens with zero attached hydrogens (tertiary/aromatic N) is 1. The topological polar surface area (TPSA) is 220 Å². The summed E-state index contributed by atoms with van der Waals surface area (Å²) >= 11 is 0. The Balaban J connectivity index is 1.05. The third-order valence-electron chi connectivity index (χ3n) is 12.4. The van der Waals surface area contributed by atoms with Gasteiger partial charge in [0.15, 0.2) is 30.4 Å². The molecule has 4 heterocycles. The van der Waals surface area contributed by atoms with Crippen LogP contribution in [0, 0.1) is 0 Å². The molecule has 16 nitrogen and oxygen atoms in total. The number of ketones is 3. The number of hydrogen-bond acceptors (Lipinski definition) is 16. The van der Waals surface area contributed by atoms with Gasteiger partial charge in [0.25, 0.3) is 0 Å². The zero-order chi connectivity index (χ0) is 40.1. The third-order valence-corrected chi connectivity index (χ3v) is 12.4. The highest BCUT2D eigenvalue weighted by molar-refractivity contribution is 6.31. The van der Waals surface area contributed by atoms with Gasteiger partial charge in [-0.3, -0.25) is 14.4 Å². The molecule has 0 radical (unpaired) electrons. The normalized spacial score (nSPS) is 39.4. The minimum atomic E-state index is -1.87. The van der Waals surface area contributed by atoms with Gasteiger partial charge in [-0.2, -0.15) is 0 Å². The van der Waals surface area contributed by atoms with Crippen molar-refractivity contribution in [3.8, 4) is 17.2 Å². The van der Waals surface area contributed by atoms with Crippen molar-refractivity contribution >= 4 is 17.3 Å². The summed E-state index contributed by atoms with van der Waals surface area (Å²) < 4.78 is 44.1. The van der Waals surface area contributed by atoms with E-state index >= 15 is 0 Å². The van der Waals surface area contributed by atoms with Gasteiger partial charge in [-0.1, -0.05) is 19.1 Å². The number of fused-ring (bicyclic) bond motifs is 5. The summed E-state index contributed by atoms with van der Waals surface area (Å²) in [6, 6.07) is 3.61. The third kappa shape index (κ3) is 6.25. The second-order valence-corrected chi connectivity index (χ2v) is 16.1. The molecule has 6 aliphatic rings. The van der Waals surface area contributed by atoms with E-state index in [1.165, 1.54) is 18.2 Å². The van der Waals surface area contributed by atoms with E-state index in [1.807, 2.05) is 32.8 Å². The van der Waals surface area contributed by atoms with Gasteiger partial charge in [-0.05, 0) is 47.4 Å². The predicted molar refractivity (Wildman–Crippen MR) is 191 cm³/mol. The molecule has 5 N–H and O–H groups in total. The van der Waals surface area contributed by atoms with Gasteiger partial charge < -0.3 is 63.6 Å². The first-order chi connectivity index (χ1) is 26.5. The highest BCUT2D eigenvalue weighted by Crippen LogP contribution is 2.56. The summed E-state index contributed by atoms with van der Waals surface area (Å²) in [6.07, 6.45) is -8.31. The summed E-state index contributed by atoms with van der Waals surface area (Å²) in [6.45, 7) is 7.02. The first kappa shape index (κ1) is 39.3. The largest absolute Gasteiger partial charge is 0.507 e. The first-order valence-electron chi connectivity index (χ1n) is 19.2. The minimum absolute atomic E-state index is 0.00672. The SMILES string of the molecule is CCC1(O)CC(OC2CC(N(C)C)C(OC3CC4OC5CC(=O)C(C)OC5OC4C(C)O3)C(C)O2)c2c(O)c3c(c(O)c2C1O)C(=O)c1cccc(O)c1C3=O. The van der Waals surface area contributed by atoms with Crippen LogP contribution in [0.1, 0.15) is 115 Å². The quantitative estimate of drug-likeness (QED) is 0.227. The average Bonchev–Trinajstić information content (AvgIpc) is 3.14. The summed E-state index contributed by atoms with van der Waals surface area (Å²) in [5.41, 5.74) is -3.95. The van der Waals surface area contributed by atoms with Crippen LogP contribution >= 0.6 is 0 Å². The Morgan fingerprint density at radius 1 is 0.821 bits per heavy atom. The van der Waals surface area contributed by atoms with Crippen LogP contribution in [0.4, 0.5) is 0 Å². The molecule has 56 heavy (non-hydrogen) atoms. The van der Waals surface area contributed by atoms with Crippen LogP contribution in [0.15, 0.2) is 18.2 Å². The van der Waals surface area contributed by atoms with Crippen LogP contribution in [-0.2, 0) is 38.0 Å². The van der Waals surface area contributed by atoms with Crippen molar-refractivity contribution in [1.82, 2.24) is 4.90 Å². The summed E-state index contributed by atoms with van der Waals surface area (Å²) in [5.74, 6) is -3.74. The zero-order valence-corrected chi connectivity index (χ0v) is 32.0. The van der Waals surface area contributed by atoms with Crippen molar-refractivity contribution in [2.75, 3.05) is 14.1 Å². The molecule has 2 aromatic carbocycles. The number of aliphatic hydroxyl groups excluding tert-OH is 1. The lowest BCUT2D eigenvalue weighted by Gasteiger charge is -2.51. The van der Waals surface area contributed by atoms with E-state index in [4.69, 9.17) is 33.2 Å².